The summed E-state index contributed by atoms with van der Waals surface area (Å²) >= 11 is 6.00. The van der Waals surface area contributed by atoms with Gasteiger partial charge in [-0.3, -0.25) is 0 Å². The highest BCUT2D eigenvalue weighted by Crippen LogP contribution is 2.30. The zero-order valence-corrected chi connectivity index (χ0v) is 10.2. The number of nitrogens with zero attached hydrogens (tertiary/aromatic N) is 2. The average Bonchev–Trinajstić information content (AvgIpc) is 2.33. The molecule has 6 heteroatoms. The summed E-state index contributed by atoms with van der Waals surface area (Å²) in [7, 11) is 0. The molecule has 0 bridgehead atoms. The zero-order valence-electron chi connectivity index (χ0n) is 9.42. The summed E-state index contributed by atoms with van der Waals surface area (Å²) in [5, 5.41) is 9.36. The topological polar surface area (TPSA) is 72.3 Å². The lowest BCUT2D eigenvalue weighted by Gasteiger charge is -2.08. The van der Waals surface area contributed by atoms with Crippen LogP contribution in [0, 0.1) is 6.92 Å². The largest absolute Gasteiger partial charge is 0.477 e. The lowest BCUT2D eigenvalue weighted by Crippen LogP contribution is -2.02. The molecule has 0 amide bonds. The number of ether oxygens (including phenoxy) is 1. The molecule has 1 heterocycles. The molecule has 0 spiro atoms. The fourth-order valence-electron chi connectivity index (χ4n) is 1.34. The van der Waals surface area contributed by atoms with Crippen LogP contribution in [0.5, 0.6) is 11.6 Å². The number of carboxylic acid groups (broad SMARTS) is 1. The van der Waals surface area contributed by atoms with Crippen LogP contribution in [0.3, 0.4) is 0 Å². The van der Waals surface area contributed by atoms with E-state index in [4.69, 9.17) is 21.4 Å². The molecule has 0 unspecified atom stereocenters. The average molecular weight is 265 g/mol. The molecule has 0 saturated carbocycles. The number of aromatic nitrogens is 2. The number of carboxylic acids is 1. The fraction of sp³-hybridized carbons (Fsp3) is 0.0833. The van der Waals surface area contributed by atoms with Crippen molar-refractivity contribution in [1.29, 1.82) is 0 Å². The van der Waals surface area contributed by atoms with Gasteiger partial charge in [-0.25, -0.2) is 14.8 Å². The molecule has 92 valence electrons. The van der Waals surface area contributed by atoms with Crippen molar-refractivity contribution in [3.05, 3.63) is 46.9 Å². The van der Waals surface area contributed by atoms with Gasteiger partial charge in [-0.1, -0.05) is 17.7 Å². The zero-order chi connectivity index (χ0) is 13.1. The van der Waals surface area contributed by atoms with E-state index in [0.29, 0.717) is 10.8 Å². The highest BCUT2D eigenvalue weighted by Gasteiger charge is 2.14. The van der Waals surface area contributed by atoms with Crippen LogP contribution in [0.4, 0.5) is 0 Å². The maximum Gasteiger partial charge on any atom is 0.342 e. The van der Waals surface area contributed by atoms with Gasteiger partial charge in [-0.15, -0.1) is 0 Å². The number of benzene rings is 1. The summed E-state index contributed by atoms with van der Waals surface area (Å²) < 4.78 is 5.39. The molecule has 5 nitrogen and oxygen atoms in total. The number of halogens is 1. The Labute approximate surface area is 108 Å². The first-order valence-corrected chi connectivity index (χ1v) is 5.43. The Morgan fingerprint density at radius 1 is 1.44 bits per heavy atom. The van der Waals surface area contributed by atoms with E-state index in [-0.39, 0.29) is 11.4 Å². The Kier molecular flexibility index (Phi) is 3.43. The normalized spacial score (nSPS) is 10.1. The summed E-state index contributed by atoms with van der Waals surface area (Å²) in [6.45, 7) is 1.89. The third-order valence-electron chi connectivity index (χ3n) is 2.20. The Bertz CT molecular complexity index is 602. The van der Waals surface area contributed by atoms with Crippen LogP contribution in [0.2, 0.25) is 5.02 Å². The quantitative estimate of drug-likeness (QED) is 0.923. The maximum absolute atomic E-state index is 11.0. The van der Waals surface area contributed by atoms with Crippen molar-refractivity contribution in [2.24, 2.45) is 0 Å². The molecular weight excluding hydrogens is 256 g/mol. The molecule has 2 aromatic rings. The van der Waals surface area contributed by atoms with Gasteiger partial charge in [-0.05, 0) is 24.6 Å². The minimum atomic E-state index is -1.16. The van der Waals surface area contributed by atoms with Gasteiger partial charge in [-0.2, -0.15) is 0 Å². The van der Waals surface area contributed by atoms with Crippen LogP contribution in [-0.4, -0.2) is 21.0 Å². The highest BCUT2D eigenvalue weighted by atomic mass is 35.5. The Balaban J connectivity index is 2.37. The van der Waals surface area contributed by atoms with Gasteiger partial charge < -0.3 is 9.84 Å². The molecular formula is C12H9ClN2O3. The van der Waals surface area contributed by atoms with Gasteiger partial charge in [0.25, 0.3) is 0 Å². The van der Waals surface area contributed by atoms with E-state index < -0.39 is 5.97 Å². The smallest absolute Gasteiger partial charge is 0.342 e. The van der Waals surface area contributed by atoms with E-state index in [2.05, 4.69) is 9.97 Å². The summed E-state index contributed by atoms with van der Waals surface area (Å²) in [5.74, 6) is -0.847. The van der Waals surface area contributed by atoms with Gasteiger partial charge in [0.2, 0.25) is 5.88 Å². The molecule has 2 rings (SSSR count). The fourth-order valence-corrected chi connectivity index (χ4v) is 1.61. The van der Waals surface area contributed by atoms with Gasteiger partial charge in [0, 0.05) is 6.20 Å². The van der Waals surface area contributed by atoms with Crippen molar-refractivity contribution in [3.8, 4) is 11.6 Å². The minimum Gasteiger partial charge on any atom is -0.477 e. The van der Waals surface area contributed by atoms with Gasteiger partial charge in [0.05, 0.1) is 5.02 Å². The van der Waals surface area contributed by atoms with Crippen LogP contribution in [0.15, 0.2) is 30.7 Å². The molecule has 0 aliphatic carbocycles. The second-order valence-corrected chi connectivity index (χ2v) is 3.99. The van der Waals surface area contributed by atoms with Crippen LogP contribution >= 0.6 is 11.6 Å². The SMILES string of the molecule is Cc1ccc(Oc2ncncc2C(=O)O)c(Cl)c1. The van der Waals surface area contributed by atoms with E-state index in [9.17, 15) is 4.79 Å². The molecule has 0 aliphatic heterocycles. The van der Waals surface area contributed by atoms with Gasteiger partial charge in [0.15, 0.2) is 0 Å². The predicted octanol–water partition coefficient (Wildman–Crippen LogP) is 2.93. The molecule has 1 aromatic carbocycles. The lowest BCUT2D eigenvalue weighted by molar-refractivity contribution is 0.0693. The molecule has 0 atom stereocenters. The molecule has 0 aliphatic rings. The van der Waals surface area contributed by atoms with E-state index in [1.54, 1.807) is 12.1 Å². The van der Waals surface area contributed by atoms with Gasteiger partial charge >= 0.3 is 5.97 Å². The number of hydrogen-bond donors (Lipinski definition) is 1. The first-order chi connectivity index (χ1) is 8.58. The van der Waals surface area contributed by atoms with Crippen molar-refractivity contribution in [3.63, 3.8) is 0 Å². The highest BCUT2D eigenvalue weighted by molar-refractivity contribution is 6.32. The van der Waals surface area contributed by atoms with E-state index >= 15 is 0 Å². The molecule has 0 fully saturated rings. The Morgan fingerprint density at radius 3 is 2.89 bits per heavy atom. The van der Waals surface area contributed by atoms with Crippen LogP contribution in [0.25, 0.3) is 0 Å². The number of aryl methyl sites for hydroxylation is 1. The molecule has 1 aromatic heterocycles. The number of rotatable bonds is 3. The Morgan fingerprint density at radius 2 is 2.22 bits per heavy atom. The van der Waals surface area contributed by atoms with Crippen molar-refractivity contribution < 1.29 is 14.6 Å². The summed E-state index contributed by atoms with van der Waals surface area (Å²) in [4.78, 5) is 18.4. The van der Waals surface area contributed by atoms with Crippen LogP contribution in [-0.2, 0) is 0 Å². The molecule has 1 N–H and O–H groups in total. The van der Waals surface area contributed by atoms with Crippen molar-refractivity contribution >= 4 is 17.6 Å². The van der Waals surface area contributed by atoms with Gasteiger partial charge in [0.1, 0.15) is 17.6 Å². The third-order valence-corrected chi connectivity index (χ3v) is 2.50. The summed E-state index contributed by atoms with van der Waals surface area (Å²) in [6.07, 6.45) is 2.39. The predicted molar refractivity (Wildman–Crippen MR) is 65.3 cm³/mol. The molecule has 0 saturated heterocycles. The summed E-state index contributed by atoms with van der Waals surface area (Å²) in [6, 6.07) is 5.19. The first kappa shape index (κ1) is 12.3. The number of aromatic carboxylic acids is 1. The van der Waals surface area contributed by atoms with Crippen molar-refractivity contribution in [1.82, 2.24) is 9.97 Å². The maximum atomic E-state index is 11.0. The Hall–Kier alpha value is -2.14. The number of carbonyl (C=O) groups is 1. The minimum absolute atomic E-state index is 0.0387. The number of hydrogen-bond acceptors (Lipinski definition) is 4. The van der Waals surface area contributed by atoms with Crippen molar-refractivity contribution in [2.45, 2.75) is 6.92 Å². The van der Waals surface area contributed by atoms with E-state index in [1.165, 1.54) is 12.5 Å². The standard InChI is InChI=1S/C12H9ClN2O3/c1-7-2-3-10(9(13)4-7)18-11-8(12(16)17)5-14-6-15-11/h2-6H,1H3,(H,16,17). The first-order valence-electron chi connectivity index (χ1n) is 5.05. The molecule has 0 radical (unpaired) electrons. The summed E-state index contributed by atoms with van der Waals surface area (Å²) in [5.41, 5.74) is 0.864. The second-order valence-electron chi connectivity index (χ2n) is 3.58. The second kappa shape index (κ2) is 5.01. The van der Waals surface area contributed by atoms with E-state index in [0.717, 1.165) is 5.56 Å². The monoisotopic (exact) mass is 264 g/mol. The lowest BCUT2D eigenvalue weighted by atomic mass is 10.2. The van der Waals surface area contributed by atoms with Crippen LogP contribution < -0.4 is 4.74 Å². The third kappa shape index (κ3) is 2.57. The van der Waals surface area contributed by atoms with E-state index in [1.807, 2.05) is 13.0 Å². The van der Waals surface area contributed by atoms with Crippen molar-refractivity contribution in [2.75, 3.05) is 0 Å². The molecule has 18 heavy (non-hydrogen) atoms. The van der Waals surface area contributed by atoms with Crippen LogP contribution in [0.1, 0.15) is 15.9 Å².